The van der Waals surface area contributed by atoms with E-state index in [4.69, 9.17) is 28.4 Å². The summed E-state index contributed by atoms with van der Waals surface area (Å²) in [5, 5.41) is 15.8. The number of hydrogen-bond acceptors (Lipinski definition) is 13. The minimum Gasteiger partial charge on any atom is -0.508 e. The predicted molar refractivity (Wildman–Crippen MR) is 407 cm³/mol. The van der Waals surface area contributed by atoms with Gasteiger partial charge in [-0.2, -0.15) is 0 Å². The van der Waals surface area contributed by atoms with Gasteiger partial charge in [0.2, 0.25) is 12.8 Å². The fourth-order valence-electron chi connectivity index (χ4n) is 14.3. The lowest BCUT2D eigenvalue weighted by molar-refractivity contribution is -0.120. The number of aryl methyl sites for hydroxylation is 2. The van der Waals surface area contributed by atoms with Gasteiger partial charge in [0.05, 0.1) is 42.7 Å². The predicted octanol–water partition coefficient (Wildman–Crippen LogP) is 16.1. The van der Waals surface area contributed by atoms with Crippen LogP contribution in [0.2, 0.25) is 0 Å². The molecule has 7 aromatic rings. The number of phenols is 1. The molecule has 0 unspecified atom stereocenters. The number of ketones is 2. The molecule has 3 aliphatic carbocycles. The summed E-state index contributed by atoms with van der Waals surface area (Å²) in [6, 6.07) is 41.2. The molecule has 3 amide bonds. The van der Waals surface area contributed by atoms with Crippen LogP contribution in [0, 0.1) is 0 Å². The second-order valence-electron chi connectivity index (χ2n) is 31.1. The molecule has 0 radical (unpaired) electrons. The van der Waals surface area contributed by atoms with E-state index in [0.717, 1.165) is 118 Å². The average Bonchev–Trinajstić information content (AvgIpc) is 1.71. The second kappa shape index (κ2) is 34.2. The number of nitrogens with zero attached hydrogens (tertiary/aromatic N) is 2. The van der Waals surface area contributed by atoms with Crippen LogP contribution in [0.1, 0.15) is 215 Å². The molecule has 548 valence electrons. The van der Waals surface area contributed by atoms with Gasteiger partial charge in [-0.05, 0) is 188 Å². The van der Waals surface area contributed by atoms with Gasteiger partial charge >= 0.3 is 0 Å². The fourth-order valence-corrected chi connectivity index (χ4v) is 14.3. The number of carbonyl (C=O) groups excluding carboxylic acids is 5. The van der Waals surface area contributed by atoms with E-state index in [0.29, 0.717) is 50.2 Å². The number of benzene rings is 7. The number of phenolic OH excluding ortho intramolecular Hbond substituents is 1. The van der Waals surface area contributed by atoms with Crippen LogP contribution in [0.3, 0.4) is 0 Å². The van der Waals surface area contributed by atoms with E-state index < -0.39 is 0 Å². The zero-order chi connectivity index (χ0) is 75.1. The number of rotatable bonds is 8. The highest BCUT2D eigenvalue weighted by Crippen LogP contribution is 2.43. The molecule has 0 aromatic heterocycles. The van der Waals surface area contributed by atoms with Crippen molar-refractivity contribution in [1.82, 2.24) is 20.4 Å². The van der Waals surface area contributed by atoms with Crippen molar-refractivity contribution < 1.29 is 57.5 Å². The Bertz CT molecular complexity index is 4090. The van der Waals surface area contributed by atoms with Crippen molar-refractivity contribution in [1.29, 1.82) is 0 Å². The third kappa shape index (κ3) is 19.7. The molecule has 0 fully saturated rings. The molecule has 7 aromatic carbocycles. The molecule has 0 saturated heterocycles. The maximum absolute atomic E-state index is 11.6. The van der Waals surface area contributed by atoms with Crippen molar-refractivity contribution in [2.75, 3.05) is 68.8 Å². The Morgan fingerprint density at radius 2 is 0.794 bits per heavy atom. The van der Waals surface area contributed by atoms with Crippen molar-refractivity contribution in [2.45, 2.75) is 188 Å². The van der Waals surface area contributed by atoms with Crippen LogP contribution < -0.4 is 39.1 Å². The van der Waals surface area contributed by atoms with Gasteiger partial charge < -0.3 is 54.0 Å². The topological polar surface area (TPSA) is 191 Å². The van der Waals surface area contributed by atoms with E-state index in [1.54, 1.807) is 59.7 Å². The summed E-state index contributed by atoms with van der Waals surface area (Å²) in [5.41, 5.74) is 16.7. The van der Waals surface area contributed by atoms with Crippen LogP contribution in [0.4, 0.5) is 0 Å². The highest BCUT2D eigenvalue weighted by Gasteiger charge is 2.38. The first kappa shape index (κ1) is 80.2. The Morgan fingerprint density at radius 1 is 0.402 bits per heavy atom. The minimum absolute atomic E-state index is 0.00646. The molecule has 0 saturated carbocycles. The first-order chi connectivity index (χ1) is 48.2. The van der Waals surface area contributed by atoms with Gasteiger partial charge in [0.15, 0.2) is 11.6 Å². The molecular formula is C86H112N4O12. The largest absolute Gasteiger partial charge is 0.508 e. The number of amides is 3. The van der Waals surface area contributed by atoms with E-state index in [-0.39, 0.29) is 44.5 Å². The summed E-state index contributed by atoms with van der Waals surface area (Å²) in [5.74, 6) is 6.00. The van der Waals surface area contributed by atoms with Crippen molar-refractivity contribution in [3.8, 4) is 40.2 Å². The third-order valence-corrected chi connectivity index (χ3v) is 20.1. The quantitative estimate of drug-likeness (QED) is 0.122. The summed E-state index contributed by atoms with van der Waals surface area (Å²) < 4.78 is 31.1. The molecule has 0 atom stereocenters. The normalized spacial score (nSPS) is 17.4. The van der Waals surface area contributed by atoms with Crippen LogP contribution in [0.15, 0.2) is 127 Å². The molecule has 14 rings (SSSR count). The Kier molecular flexibility index (Phi) is 26.9. The maximum atomic E-state index is 11.6. The minimum atomic E-state index is -0.0900. The SMILES string of the molecule is CC1(C)CN(C=O)Cc2ccc(O)cc21.CCC.COc1ccc2c(c1)C(=O)CC2.COc1ccc2c(c1)C(C)(C)CC2.COc1ccc2c(c1)C(C)(C)CC2=O.COc1ccc2c(c1)C(C)(C)CN(C=O)C2.COc1ccc2c(c1)C(C)(C)CNC2.COc1ccc2c(c1)C(C)(C)CNC2=O. The molecule has 102 heavy (non-hydrogen) atoms. The van der Waals surface area contributed by atoms with Gasteiger partial charge in [-0.3, -0.25) is 24.0 Å². The number of ether oxygens (including phenoxy) is 6. The van der Waals surface area contributed by atoms with E-state index in [1.165, 1.54) is 52.6 Å². The van der Waals surface area contributed by atoms with Gasteiger partial charge in [0, 0.05) is 97.0 Å². The van der Waals surface area contributed by atoms with E-state index >= 15 is 0 Å². The average molecular weight is 1390 g/mol. The molecule has 4 aliphatic heterocycles. The number of hydrogen-bond donors (Lipinski definition) is 3. The van der Waals surface area contributed by atoms with Crippen molar-refractivity contribution >= 4 is 30.3 Å². The van der Waals surface area contributed by atoms with Crippen LogP contribution >= 0.6 is 0 Å². The molecule has 0 spiro atoms. The van der Waals surface area contributed by atoms with Crippen LogP contribution in [-0.4, -0.2) is 114 Å². The van der Waals surface area contributed by atoms with Crippen molar-refractivity contribution in [3.05, 3.63) is 205 Å². The molecule has 4 heterocycles. The number of aromatic hydroxyl groups is 1. The summed E-state index contributed by atoms with van der Waals surface area (Å²) in [6.07, 6.45) is 7.68. The number of carbonyl (C=O) groups is 5. The molecule has 0 bridgehead atoms. The monoisotopic (exact) mass is 1390 g/mol. The second-order valence-corrected chi connectivity index (χ2v) is 31.1. The smallest absolute Gasteiger partial charge is 0.251 e. The molecular weight excluding hydrogens is 1280 g/mol. The van der Waals surface area contributed by atoms with Gasteiger partial charge in [-0.1, -0.05) is 134 Å². The highest BCUT2D eigenvalue weighted by atomic mass is 16.5. The standard InChI is InChI=1S/C13H17NO2.2C12H15NO2.C12H17NO.C12H14O2.C12H16O.C10H10O2.C3H8/c1-13(2)8-14(9-15)7-10-4-5-11(16-3)6-12(10)13;1-12(2)7-13-11(14)9-5-4-8(15-3)6-10(9)12;1-12(2)7-13(8-14)6-9-3-4-10(15)5-11(9)12;1-12(2)8-13-7-9-4-5-10(14-3)6-11(9)12;1-12(2)7-11(13)9-5-4-8(14-3)6-10(9)12;1-12(2)7-6-9-4-5-10(13-3)8-11(9)12;1-12-8-4-2-7-3-5-10(11)9(7)6-8;1-3-2/h4-6,9H,7-8H2,1-3H3;4-6H,7H2,1-3H3,(H,13,14);3-5,8,15H,6-7H2,1-2H3;4-6,13H,7-8H2,1-3H3;4-6H,7H2,1-3H3;4-5,8H,6-7H2,1-3H3;2,4,6H,3,5H2,1H3;3H2,1-2H3. The van der Waals surface area contributed by atoms with Crippen LogP contribution in [-0.2, 0) is 74.6 Å². The highest BCUT2D eigenvalue weighted by molar-refractivity contribution is 6.02. The van der Waals surface area contributed by atoms with Crippen LogP contribution in [0.5, 0.6) is 40.2 Å². The summed E-state index contributed by atoms with van der Waals surface area (Å²) in [7, 11) is 10.0. The summed E-state index contributed by atoms with van der Waals surface area (Å²) in [4.78, 5) is 59.8. The Hall–Kier alpha value is -9.15. The molecule has 3 N–H and O–H groups in total. The molecule has 16 nitrogen and oxygen atoms in total. The van der Waals surface area contributed by atoms with E-state index in [9.17, 15) is 29.1 Å². The van der Waals surface area contributed by atoms with E-state index in [2.05, 4.69) is 144 Å². The van der Waals surface area contributed by atoms with Gasteiger partial charge in [0.1, 0.15) is 40.2 Å². The zero-order valence-electron chi connectivity index (χ0n) is 64.3. The third-order valence-electron chi connectivity index (χ3n) is 20.1. The van der Waals surface area contributed by atoms with Gasteiger partial charge in [-0.25, -0.2) is 0 Å². The fraction of sp³-hybridized carbons (Fsp3) is 0.453. The van der Waals surface area contributed by atoms with Crippen LogP contribution in [0.25, 0.3) is 0 Å². The number of Topliss-reactive ketones (excluding diaryl/α,β-unsaturated/α-hetero) is 2. The van der Waals surface area contributed by atoms with E-state index in [1.807, 2.05) is 83.8 Å². The first-order valence-electron chi connectivity index (χ1n) is 35.5. The zero-order valence-corrected chi connectivity index (χ0v) is 64.3. The number of methoxy groups -OCH3 is 6. The summed E-state index contributed by atoms with van der Waals surface area (Å²) >= 11 is 0. The lowest BCUT2D eigenvalue weighted by Gasteiger charge is -2.38. The first-order valence-corrected chi connectivity index (χ1v) is 35.5. The van der Waals surface area contributed by atoms with Gasteiger partial charge in [0.25, 0.3) is 5.91 Å². The maximum Gasteiger partial charge on any atom is 0.251 e. The van der Waals surface area contributed by atoms with Crippen molar-refractivity contribution in [3.63, 3.8) is 0 Å². The molecule has 16 heteroatoms. The number of nitrogens with one attached hydrogen (secondary N) is 2. The number of fused-ring (bicyclic) bond motifs is 7. The van der Waals surface area contributed by atoms with Gasteiger partial charge in [-0.15, -0.1) is 0 Å². The molecule has 7 aliphatic rings. The lowest BCUT2D eigenvalue weighted by atomic mass is 9.78. The van der Waals surface area contributed by atoms with Crippen molar-refractivity contribution in [2.24, 2.45) is 0 Å². The Morgan fingerprint density at radius 3 is 1.29 bits per heavy atom. The lowest BCUT2D eigenvalue weighted by Crippen LogP contribution is -2.43. The summed E-state index contributed by atoms with van der Waals surface area (Å²) in [6.45, 7) is 35.8. The Labute approximate surface area is 607 Å². The Balaban J connectivity index is 0.000000166.